The average Bonchev–Trinajstić information content (AvgIpc) is 2.58. The minimum Gasteiger partial charge on any atom is -0.480 e. The normalized spacial score (nSPS) is 21.6. The molecule has 2 amide bonds. The minimum absolute atomic E-state index is 0.00457. The summed E-state index contributed by atoms with van der Waals surface area (Å²) in [5, 5.41) is 8.95. The third-order valence-corrected chi connectivity index (χ3v) is 3.40. The molecule has 1 rings (SSSR count). The van der Waals surface area contributed by atoms with E-state index >= 15 is 0 Å². The number of carboxylic acid groups (broad SMARTS) is 1. The molecule has 1 fully saturated rings. The Bertz CT molecular complexity index is 322. The highest BCUT2D eigenvalue weighted by molar-refractivity contribution is 5.80. The molecule has 0 saturated carbocycles. The Balaban J connectivity index is 2.76. The Labute approximate surface area is 114 Å². The highest BCUT2D eigenvalue weighted by Crippen LogP contribution is 2.12. The summed E-state index contributed by atoms with van der Waals surface area (Å²) >= 11 is 0. The van der Waals surface area contributed by atoms with Crippen LogP contribution in [-0.2, 0) is 9.53 Å². The van der Waals surface area contributed by atoms with Crippen molar-refractivity contribution < 1.29 is 19.4 Å². The van der Waals surface area contributed by atoms with Crippen LogP contribution in [0.5, 0.6) is 0 Å². The zero-order chi connectivity index (χ0) is 14.4. The predicted molar refractivity (Wildman–Crippen MR) is 71.1 cm³/mol. The number of amides is 2. The van der Waals surface area contributed by atoms with E-state index in [9.17, 15) is 9.59 Å². The van der Waals surface area contributed by atoms with Gasteiger partial charge in [-0.15, -0.1) is 0 Å². The van der Waals surface area contributed by atoms with Gasteiger partial charge in [-0.05, 0) is 26.7 Å². The molecule has 0 aromatic heterocycles. The number of hydrogen-bond donors (Lipinski definition) is 1. The van der Waals surface area contributed by atoms with E-state index < -0.39 is 5.97 Å². The van der Waals surface area contributed by atoms with Crippen LogP contribution in [-0.4, -0.2) is 65.3 Å². The highest BCUT2D eigenvalue weighted by Gasteiger charge is 2.28. The van der Waals surface area contributed by atoms with Gasteiger partial charge in [0.1, 0.15) is 6.54 Å². The Morgan fingerprint density at radius 3 is 2.79 bits per heavy atom. The Morgan fingerprint density at radius 1 is 1.53 bits per heavy atom. The molecule has 0 aliphatic carbocycles. The van der Waals surface area contributed by atoms with Gasteiger partial charge >= 0.3 is 12.0 Å². The van der Waals surface area contributed by atoms with E-state index in [2.05, 4.69) is 0 Å². The SMILES string of the molecule is CCC(C)N(CC(=O)O)C(=O)N1CCCOC(C)C1. The van der Waals surface area contributed by atoms with Crippen LogP contribution >= 0.6 is 0 Å². The van der Waals surface area contributed by atoms with Crippen LogP contribution in [0.25, 0.3) is 0 Å². The zero-order valence-electron chi connectivity index (χ0n) is 12.0. The van der Waals surface area contributed by atoms with E-state index in [-0.39, 0.29) is 24.7 Å². The largest absolute Gasteiger partial charge is 0.480 e. The average molecular weight is 272 g/mol. The predicted octanol–water partition coefficient (Wildman–Crippen LogP) is 1.40. The highest BCUT2D eigenvalue weighted by atomic mass is 16.5. The molecular formula is C13H24N2O4. The second-order valence-corrected chi connectivity index (χ2v) is 5.04. The van der Waals surface area contributed by atoms with Gasteiger partial charge in [-0.3, -0.25) is 4.79 Å². The van der Waals surface area contributed by atoms with Gasteiger partial charge in [0.25, 0.3) is 0 Å². The van der Waals surface area contributed by atoms with E-state index in [1.54, 1.807) is 4.90 Å². The fraction of sp³-hybridized carbons (Fsp3) is 0.846. The van der Waals surface area contributed by atoms with Crippen LogP contribution in [0.2, 0.25) is 0 Å². The fourth-order valence-electron chi connectivity index (χ4n) is 2.13. The van der Waals surface area contributed by atoms with Crippen molar-refractivity contribution in [1.29, 1.82) is 0 Å². The Morgan fingerprint density at radius 2 is 2.21 bits per heavy atom. The lowest BCUT2D eigenvalue weighted by Gasteiger charge is -2.33. The van der Waals surface area contributed by atoms with Crippen molar-refractivity contribution in [2.24, 2.45) is 0 Å². The lowest BCUT2D eigenvalue weighted by molar-refractivity contribution is -0.138. The molecule has 6 nitrogen and oxygen atoms in total. The maximum Gasteiger partial charge on any atom is 0.323 e. The van der Waals surface area contributed by atoms with Gasteiger partial charge in [-0.2, -0.15) is 0 Å². The molecule has 19 heavy (non-hydrogen) atoms. The molecule has 1 aliphatic rings. The van der Waals surface area contributed by atoms with E-state index in [1.165, 1.54) is 4.90 Å². The molecule has 2 unspecified atom stereocenters. The van der Waals surface area contributed by atoms with Crippen molar-refractivity contribution in [3.05, 3.63) is 0 Å². The number of urea groups is 1. The van der Waals surface area contributed by atoms with Crippen molar-refractivity contribution in [1.82, 2.24) is 9.80 Å². The molecule has 0 radical (unpaired) electrons. The van der Waals surface area contributed by atoms with Crippen LogP contribution < -0.4 is 0 Å². The second kappa shape index (κ2) is 7.33. The van der Waals surface area contributed by atoms with Crippen LogP contribution in [0.15, 0.2) is 0 Å². The number of rotatable bonds is 4. The van der Waals surface area contributed by atoms with E-state index in [0.29, 0.717) is 19.7 Å². The third kappa shape index (κ3) is 4.70. The first-order chi connectivity index (χ1) is 8.95. The topological polar surface area (TPSA) is 70.1 Å². The van der Waals surface area contributed by atoms with E-state index in [1.807, 2.05) is 20.8 Å². The first kappa shape index (κ1) is 15.8. The van der Waals surface area contributed by atoms with Gasteiger partial charge in [0, 0.05) is 25.7 Å². The Hall–Kier alpha value is -1.30. The van der Waals surface area contributed by atoms with Crippen molar-refractivity contribution in [3.63, 3.8) is 0 Å². The number of aliphatic carboxylic acids is 1. The lowest BCUT2D eigenvalue weighted by atomic mass is 10.2. The maximum atomic E-state index is 12.5. The number of carboxylic acids is 1. The molecule has 1 saturated heterocycles. The zero-order valence-corrected chi connectivity index (χ0v) is 12.0. The first-order valence-electron chi connectivity index (χ1n) is 6.84. The monoisotopic (exact) mass is 272 g/mol. The number of carbonyl (C=O) groups excluding carboxylic acids is 1. The summed E-state index contributed by atoms with van der Waals surface area (Å²) in [6.07, 6.45) is 1.52. The van der Waals surface area contributed by atoms with Crippen molar-refractivity contribution in [3.8, 4) is 0 Å². The van der Waals surface area contributed by atoms with Gasteiger partial charge < -0.3 is 19.6 Å². The molecule has 2 atom stereocenters. The van der Waals surface area contributed by atoms with Crippen LogP contribution in [0.3, 0.4) is 0 Å². The Kier molecular flexibility index (Phi) is 6.08. The summed E-state index contributed by atoms with van der Waals surface area (Å²) in [5.41, 5.74) is 0. The minimum atomic E-state index is -0.979. The summed E-state index contributed by atoms with van der Waals surface area (Å²) in [5.74, 6) is -0.979. The molecule has 0 aromatic carbocycles. The number of carbonyl (C=O) groups is 2. The number of hydrogen-bond acceptors (Lipinski definition) is 3. The maximum absolute atomic E-state index is 12.5. The summed E-state index contributed by atoms with van der Waals surface area (Å²) < 4.78 is 5.50. The van der Waals surface area contributed by atoms with Crippen LogP contribution in [0, 0.1) is 0 Å². The standard InChI is InChI=1S/C13H24N2O4/c1-4-10(2)15(9-12(16)17)13(18)14-6-5-7-19-11(3)8-14/h10-11H,4-9H2,1-3H3,(H,16,17). The van der Waals surface area contributed by atoms with Gasteiger partial charge in [0.15, 0.2) is 0 Å². The number of nitrogens with zero attached hydrogens (tertiary/aromatic N) is 2. The molecular weight excluding hydrogens is 248 g/mol. The summed E-state index contributed by atoms with van der Waals surface area (Å²) in [6.45, 7) is 7.28. The molecule has 1 N–H and O–H groups in total. The van der Waals surface area contributed by atoms with Crippen molar-refractivity contribution in [2.45, 2.75) is 45.8 Å². The molecule has 6 heteroatoms. The van der Waals surface area contributed by atoms with Crippen molar-refractivity contribution in [2.75, 3.05) is 26.2 Å². The fourth-order valence-corrected chi connectivity index (χ4v) is 2.13. The quantitative estimate of drug-likeness (QED) is 0.840. The van der Waals surface area contributed by atoms with Crippen LogP contribution in [0.1, 0.15) is 33.6 Å². The van der Waals surface area contributed by atoms with E-state index in [0.717, 1.165) is 12.8 Å². The lowest BCUT2D eigenvalue weighted by Crippen LogP contribution is -2.50. The molecule has 110 valence electrons. The molecule has 0 spiro atoms. The smallest absolute Gasteiger partial charge is 0.323 e. The first-order valence-corrected chi connectivity index (χ1v) is 6.84. The van der Waals surface area contributed by atoms with Gasteiger partial charge in [-0.1, -0.05) is 6.92 Å². The molecule has 0 bridgehead atoms. The second-order valence-electron chi connectivity index (χ2n) is 5.04. The van der Waals surface area contributed by atoms with Crippen LogP contribution in [0.4, 0.5) is 4.79 Å². The third-order valence-electron chi connectivity index (χ3n) is 3.40. The summed E-state index contributed by atoms with van der Waals surface area (Å²) in [6, 6.07) is -0.280. The molecule has 1 heterocycles. The van der Waals surface area contributed by atoms with Gasteiger partial charge in [0.2, 0.25) is 0 Å². The summed E-state index contributed by atoms with van der Waals surface area (Å²) in [4.78, 5) is 26.5. The summed E-state index contributed by atoms with van der Waals surface area (Å²) in [7, 11) is 0. The van der Waals surface area contributed by atoms with Crippen molar-refractivity contribution >= 4 is 12.0 Å². The molecule has 0 aromatic rings. The molecule has 1 aliphatic heterocycles. The van der Waals surface area contributed by atoms with Gasteiger partial charge in [-0.25, -0.2) is 4.79 Å². The van der Waals surface area contributed by atoms with Gasteiger partial charge in [0.05, 0.1) is 6.10 Å². The van der Waals surface area contributed by atoms with E-state index in [4.69, 9.17) is 9.84 Å². The number of ether oxygens (including phenoxy) is 1.